The molecule has 0 bridgehead atoms. The third kappa shape index (κ3) is 3.28. The molecule has 1 fully saturated rings. The van der Waals surface area contributed by atoms with Crippen LogP contribution in [0.1, 0.15) is 26.3 Å². The zero-order valence-electron chi connectivity index (χ0n) is 13.6. The van der Waals surface area contributed by atoms with Gasteiger partial charge in [-0.3, -0.25) is 14.5 Å². The summed E-state index contributed by atoms with van der Waals surface area (Å²) in [5.74, 6) is -0.473. The molecule has 124 valence electrons. The highest BCUT2D eigenvalue weighted by atomic mass is 16.5. The molecule has 1 aromatic carbocycles. The van der Waals surface area contributed by atoms with Gasteiger partial charge in [0, 0.05) is 0 Å². The first-order chi connectivity index (χ1) is 10.8. The lowest BCUT2D eigenvalue weighted by atomic mass is 9.92. The summed E-state index contributed by atoms with van der Waals surface area (Å²) in [5, 5.41) is 2.62. The summed E-state index contributed by atoms with van der Waals surface area (Å²) >= 11 is 0. The Morgan fingerprint density at radius 2 is 1.87 bits per heavy atom. The molecule has 1 aromatic rings. The van der Waals surface area contributed by atoms with Gasteiger partial charge < -0.3 is 14.8 Å². The Labute approximate surface area is 134 Å². The predicted octanol–water partition coefficient (Wildman–Crippen LogP) is 1.41. The first-order valence-corrected chi connectivity index (χ1v) is 7.26. The molecule has 1 atom stereocenters. The standard InChI is InChI=1S/C16H20N2O5/c1-10(2)23-12-7-5-11(6-8-12)16(3)14(20)18(15(21)17-16)9-13(19)22-4/h5-8,10H,9H2,1-4H3,(H,17,21)/t16-/m0/s1. The quantitative estimate of drug-likeness (QED) is 0.655. The second kappa shape index (κ2) is 6.28. The zero-order chi connectivity index (χ0) is 17.2. The highest BCUT2D eigenvalue weighted by Crippen LogP contribution is 2.30. The van der Waals surface area contributed by atoms with Crippen LogP contribution in [0, 0.1) is 0 Å². The van der Waals surface area contributed by atoms with Crippen molar-refractivity contribution in [3.63, 3.8) is 0 Å². The van der Waals surface area contributed by atoms with Gasteiger partial charge in [0.2, 0.25) is 0 Å². The van der Waals surface area contributed by atoms with Crippen LogP contribution in [0.3, 0.4) is 0 Å². The second-order valence-electron chi connectivity index (χ2n) is 5.71. The Morgan fingerprint density at radius 3 is 2.39 bits per heavy atom. The van der Waals surface area contributed by atoms with E-state index in [4.69, 9.17) is 4.74 Å². The molecule has 0 aromatic heterocycles. The van der Waals surface area contributed by atoms with Gasteiger partial charge in [0.25, 0.3) is 5.91 Å². The SMILES string of the molecule is COC(=O)CN1C(=O)N[C@@](C)(c2ccc(OC(C)C)cc2)C1=O. The van der Waals surface area contributed by atoms with Crippen molar-refractivity contribution >= 4 is 17.9 Å². The molecule has 7 heteroatoms. The number of carbonyl (C=O) groups excluding carboxylic acids is 3. The summed E-state index contributed by atoms with van der Waals surface area (Å²) < 4.78 is 10.1. The summed E-state index contributed by atoms with van der Waals surface area (Å²) in [6.07, 6.45) is 0.0415. The van der Waals surface area contributed by atoms with E-state index in [-0.39, 0.29) is 6.10 Å². The molecule has 23 heavy (non-hydrogen) atoms. The van der Waals surface area contributed by atoms with Crippen LogP contribution in [0.4, 0.5) is 4.79 Å². The molecule has 0 unspecified atom stereocenters. The van der Waals surface area contributed by atoms with E-state index in [1.165, 1.54) is 7.11 Å². The maximum absolute atomic E-state index is 12.6. The fourth-order valence-electron chi connectivity index (χ4n) is 2.37. The number of nitrogens with one attached hydrogen (secondary N) is 1. The maximum atomic E-state index is 12.6. The summed E-state index contributed by atoms with van der Waals surface area (Å²) in [7, 11) is 1.20. The molecule has 7 nitrogen and oxygen atoms in total. The van der Waals surface area contributed by atoms with Crippen molar-refractivity contribution in [1.82, 2.24) is 10.2 Å². The normalized spacial score (nSPS) is 20.7. The van der Waals surface area contributed by atoms with Crippen LogP contribution in [0.15, 0.2) is 24.3 Å². The largest absolute Gasteiger partial charge is 0.491 e. The minimum absolute atomic E-state index is 0.0415. The molecule has 1 aliphatic rings. The highest BCUT2D eigenvalue weighted by molar-refractivity contribution is 6.08. The molecule has 1 heterocycles. The van der Waals surface area contributed by atoms with Crippen LogP contribution in [0.5, 0.6) is 5.75 Å². The van der Waals surface area contributed by atoms with E-state index in [1.807, 2.05) is 13.8 Å². The van der Waals surface area contributed by atoms with Crippen LogP contribution >= 0.6 is 0 Å². The van der Waals surface area contributed by atoms with Gasteiger partial charge in [-0.05, 0) is 38.5 Å². The fraction of sp³-hybridized carbons (Fsp3) is 0.438. The average molecular weight is 320 g/mol. The van der Waals surface area contributed by atoms with Crippen molar-refractivity contribution in [1.29, 1.82) is 0 Å². The molecule has 1 N–H and O–H groups in total. The average Bonchev–Trinajstić information content (AvgIpc) is 2.71. The fourth-order valence-corrected chi connectivity index (χ4v) is 2.37. The smallest absolute Gasteiger partial charge is 0.325 e. The Kier molecular flexibility index (Phi) is 4.58. The van der Waals surface area contributed by atoms with Crippen LogP contribution in [0.25, 0.3) is 0 Å². The van der Waals surface area contributed by atoms with Crippen LogP contribution < -0.4 is 10.1 Å². The van der Waals surface area contributed by atoms with E-state index in [0.29, 0.717) is 11.3 Å². The Morgan fingerprint density at radius 1 is 1.26 bits per heavy atom. The number of esters is 1. The number of imide groups is 1. The number of benzene rings is 1. The molecular weight excluding hydrogens is 300 g/mol. The third-order valence-electron chi connectivity index (χ3n) is 3.59. The third-order valence-corrected chi connectivity index (χ3v) is 3.59. The van der Waals surface area contributed by atoms with E-state index in [2.05, 4.69) is 10.1 Å². The number of amides is 3. The molecule has 0 radical (unpaired) electrons. The van der Waals surface area contributed by atoms with Gasteiger partial charge in [0.1, 0.15) is 17.8 Å². The molecule has 3 amide bonds. The van der Waals surface area contributed by atoms with Gasteiger partial charge in [0.05, 0.1) is 13.2 Å². The van der Waals surface area contributed by atoms with Crippen molar-refractivity contribution in [3.05, 3.63) is 29.8 Å². The van der Waals surface area contributed by atoms with Crippen molar-refractivity contribution in [2.45, 2.75) is 32.4 Å². The Bertz CT molecular complexity index is 626. The summed E-state index contributed by atoms with van der Waals surface area (Å²) in [6, 6.07) is 6.30. The summed E-state index contributed by atoms with van der Waals surface area (Å²) in [5.41, 5.74) is -0.610. The van der Waals surface area contributed by atoms with Crippen molar-refractivity contribution < 1.29 is 23.9 Å². The van der Waals surface area contributed by atoms with Crippen LogP contribution in [-0.4, -0.2) is 42.6 Å². The van der Waals surface area contributed by atoms with Gasteiger partial charge in [-0.15, -0.1) is 0 Å². The number of nitrogens with zero attached hydrogens (tertiary/aromatic N) is 1. The minimum Gasteiger partial charge on any atom is -0.491 e. The van der Waals surface area contributed by atoms with Crippen LogP contribution in [0.2, 0.25) is 0 Å². The molecule has 2 rings (SSSR count). The number of ether oxygens (including phenoxy) is 2. The summed E-state index contributed by atoms with van der Waals surface area (Å²) in [6.45, 7) is 5.02. The van der Waals surface area contributed by atoms with E-state index in [1.54, 1.807) is 31.2 Å². The lowest BCUT2D eigenvalue weighted by Gasteiger charge is -2.22. The minimum atomic E-state index is -1.22. The topological polar surface area (TPSA) is 84.9 Å². The predicted molar refractivity (Wildman–Crippen MR) is 81.8 cm³/mol. The zero-order valence-corrected chi connectivity index (χ0v) is 13.6. The maximum Gasteiger partial charge on any atom is 0.325 e. The first kappa shape index (κ1) is 16.8. The number of hydrogen-bond donors (Lipinski definition) is 1. The molecular formula is C16H20N2O5. The molecule has 0 saturated carbocycles. The van der Waals surface area contributed by atoms with E-state index in [9.17, 15) is 14.4 Å². The number of methoxy groups -OCH3 is 1. The van der Waals surface area contributed by atoms with Crippen LogP contribution in [-0.2, 0) is 19.9 Å². The Hall–Kier alpha value is -2.57. The molecule has 0 aliphatic carbocycles. The highest BCUT2D eigenvalue weighted by Gasteiger charge is 2.49. The number of carbonyl (C=O) groups is 3. The van der Waals surface area contributed by atoms with Gasteiger partial charge >= 0.3 is 12.0 Å². The van der Waals surface area contributed by atoms with E-state index in [0.717, 1.165) is 4.90 Å². The van der Waals surface area contributed by atoms with Gasteiger partial charge in [0.15, 0.2) is 0 Å². The van der Waals surface area contributed by atoms with E-state index < -0.39 is 30.0 Å². The Balaban J connectivity index is 2.23. The molecule has 1 saturated heterocycles. The van der Waals surface area contributed by atoms with Gasteiger partial charge in [-0.25, -0.2) is 4.79 Å². The molecule has 1 aliphatic heterocycles. The lowest BCUT2D eigenvalue weighted by molar-refractivity contribution is -0.145. The van der Waals surface area contributed by atoms with E-state index >= 15 is 0 Å². The number of rotatable bonds is 5. The summed E-state index contributed by atoms with van der Waals surface area (Å²) in [4.78, 5) is 36.7. The van der Waals surface area contributed by atoms with Crippen molar-refractivity contribution in [3.8, 4) is 5.75 Å². The number of hydrogen-bond acceptors (Lipinski definition) is 5. The van der Waals surface area contributed by atoms with Gasteiger partial charge in [-0.1, -0.05) is 12.1 Å². The second-order valence-corrected chi connectivity index (χ2v) is 5.71. The van der Waals surface area contributed by atoms with Crippen molar-refractivity contribution in [2.75, 3.05) is 13.7 Å². The first-order valence-electron chi connectivity index (χ1n) is 7.26. The van der Waals surface area contributed by atoms with Crippen molar-refractivity contribution in [2.24, 2.45) is 0 Å². The lowest BCUT2D eigenvalue weighted by Crippen LogP contribution is -2.41. The monoisotopic (exact) mass is 320 g/mol. The molecule has 0 spiro atoms. The number of urea groups is 1. The van der Waals surface area contributed by atoms with Gasteiger partial charge in [-0.2, -0.15) is 0 Å².